The van der Waals surface area contributed by atoms with E-state index in [0.29, 0.717) is 17.2 Å². The molecule has 4 nitrogen and oxygen atoms in total. The lowest BCUT2D eigenvalue weighted by Gasteiger charge is -2.13. The van der Waals surface area contributed by atoms with Crippen molar-refractivity contribution in [2.75, 3.05) is 0 Å². The van der Waals surface area contributed by atoms with Crippen LogP contribution in [0.1, 0.15) is 48.4 Å². The van der Waals surface area contributed by atoms with Crippen molar-refractivity contribution >= 4 is 11.5 Å². The molecule has 0 aliphatic rings. The van der Waals surface area contributed by atoms with Gasteiger partial charge in [0.15, 0.2) is 0 Å². The number of carbonyl (C=O) groups is 1. The molecule has 0 aliphatic carbocycles. The fourth-order valence-corrected chi connectivity index (χ4v) is 3.39. The Morgan fingerprint density at radius 1 is 0.970 bits per heavy atom. The molecule has 0 amide bonds. The van der Waals surface area contributed by atoms with Crippen LogP contribution in [0.2, 0.25) is 0 Å². The maximum atomic E-state index is 13.4. The van der Waals surface area contributed by atoms with Crippen LogP contribution in [-0.4, -0.2) is 17.1 Å². The van der Waals surface area contributed by atoms with Gasteiger partial charge in [-0.15, -0.1) is 0 Å². The summed E-state index contributed by atoms with van der Waals surface area (Å²) in [7, 11) is 0. The molecule has 0 bridgehead atoms. The van der Waals surface area contributed by atoms with Crippen LogP contribution in [0.3, 0.4) is 0 Å². The SMILES string of the molecule is CC(C)c1ccc(/C(=C/CC(N)C(=O)O)c2ccc(OCc3cc(F)cc(F)c3)cc2)cc1. The van der Waals surface area contributed by atoms with Gasteiger partial charge in [0.05, 0.1) is 0 Å². The van der Waals surface area contributed by atoms with Crippen molar-refractivity contribution in [3.8, 4) is 5.75 Å². The fraction of sp³-hybridized carbons (Fsp3) is 0.222. The number of aliphatic carboxylic acids is 1. The minimum absolute atomic E-state index is 0.0286. The number of carboxylic acids is 1. The zero-order chi connectivity index (χ0) is 24.0. The predicted octanol–water partition coefficient (Wildman–Crippen LogP) is 5.90. The first-order valence-corrected chi connectivity index (χ1v) is 10.7. The van der Waals surface area contributed by atoms with Crippen molar-refractivity contribution < 1.29 is 23.4 Å². The molecule has 1 atom stereocenters. The van der Waals surface area contributed by atoms with E-state index in [0.717, 1.165) is 22.8 Å². The van der Waals surface area contributed by atoms with Gasteiger partial charge in [0, 0.05) is 6.07 Å². The molecule has 0 aliphatic heterocycles. The summed E-state index contributed by atoms with van der Waals surface area (Å²) in [5.41, 5.74) is 9.98. The summed E-state index contributed by atoms with van der Waals surface area (Å²) >= 11 is 0. The number of hydrogen-bond acceptors (Lipinski definition) is 3. The van der Waals surface area contributed by atoms with Crippen LogP contribution in [0.15, 0.2) is 72.8 Å². The standard InChI is InChI=1S/C27H27F2NO3/c1-17(2)19-3-5-20(6-4-19)25(11-12-26(30)27(31)32)21-7-9-24(10-8-21)33-16-18-13-22(28)15-23(29)14-18/h3-11,13-15,17,26H,12,16,30H2,1-2H3,(H,31,32)/b25-11-. The molecule has 3 aromatic rings. The highest BCUT2D eigenvalue weighted by Crippen LogP contribution is 2.28. The van der Waals surface area contributed by atoms with Crippen LogP contribution in [0.5, 0.6) is 5.75 Å². The summed E-state index contributed by atoms with van der Waals surface area (Å²) in [5, 5.41) is 9.14. The quantitative estimate of drug-likeness (QED) is 0.425. The molecule has 0 saturated heterocycles. The van der Waals surface area contributed by atoms with Crippen molar-refractivity contribution in [1.29, 1.82) is 0 Å². The van der Waals surface area contributed by atoms with E-state index in [4.69, 9.17) is 15.6 Å². The van der Waals surface area contributed by atoms with Gasteiger partial charge in [-0.05, 0) is 64.4 Å². The second kappa shape index (κ2) is 10.9. The van der Waals surface area contributed by atoms with Gasteiger partial charge in [0.25, 0.3) is 0 Å². The Balaban J connectivity index is 1.82. The minimum atomic E-state index is -1.06. The summed E-state index contributed by atoms with van der Waals surface area (Å²) in [4.78, 5) is 11.2. The van der Waals surface area contributed by atoms with E-state index in [2.05, 4.69) is 26.0 Å². The lowest BCUT2D eigenvalue weighted by atomic mass is 9.93. The van der Waals surface area contributed by atoms with Gasteiger partial charge in [-0.3, -0.25) is 4.79 Å². The molecule has 6 heteroatoms. The largest absolute Gasteiger partial charge is 0.489 e. The van der Waals surface area contributed by atoms with E-state index in [9.17, 15) is 13.6 Å². The third-order valence-corrected chi connectivity index (χ3v) is 5.27. The summed E-state index contributed by atoms with van der Waals surface area (Å²) in [5.74, 6) is -1.42. The fourth-order valence-electron chi connectivity index (χ4n) is 3.39. The van der Waals surface area contributed by atoms with Gasteiger partial charge >= 0.3 is 5.97 Å². The monoisotopic (exact) mass is 451 g/mol. The predicted molar refractivity (Wildman–Crippen MR) is 125 cm³/mol. The topological polar surface area (TPSA) is 72.6 Å². The van der Waals surface area contributed by atoms with E-state index >= 15 is 0 Å². The van der Waals surface area contributed by atoms with Crippen LogP contribution in [0.4, 0.5) is 8.78 Å². The molecule has 1 unspecified atom stereocenters. The highest BCUT2D eigenvalue weighted by molar-refractivity contribution is 5.81. The summed E-state index contributed by atoms with van der Waals surface area (Å²) < 4.78 is 32.4. The molecular formula is C27H27F2NO3. The van der Waals surface area contributed by atoms with E-state index in [-0.39, 0.29) is 13.0 Å². The molecule has 0 spiro atoms. The average molecular weight is 452 g/mol. The molecule has 33 heavy (non-hydrogen) atoms. The normalized spacial score (nSPS) is 12.6. The minimum Gasteiger partial charge on any atom is -0.489 e. The number of nitrogens with two attached hydrogens (primary N) is 1. The van der Waals surface area contributed by atoms with Gasteiger partial charge in [-0.2, -0.15) is 0 Å². The van der Waals surface area contributed by atoms with Crippen LogP contribution in [0, 0.1) is 11.6 Å². The lowest BCUT2D eigenvalue weighted by Crippen LogP contribution is -2.29. The molecular weight excluding hydrogens is 424 g/mol. The molecule has 172 valence electrons. The third-order valence-electron chi connectivity index (χ3n) is 5.27. The highest BCUT2D eigenvalue weighted by atomic mass is 19.1. The molecule has 0 radical (unpaired) electrons. The Morgan fingerprint density at radius 2 is 1.52 bits per heavy atom. The van der Waals surface area contributed by atoms with Gasteiger partial charge in [0.1, 0.15) is 30.0 Å². The van der Waals surface area contributed by atoms with Gasteiger partial charge in [-0.25, -0.2) is 8.78 Å². The highest BCUT2D eigenvalue weighted by Gasteiger charge is 2.12. The molecule has 3 rings (SSSR count). The van der Waals surface area contributed by atoms with Crippen LogP contribution in [0.25, 0.3) is 5.57 Å². The van der Waals surface area contributed by atoms with Crippen LogP contribution in [-0.2, 0) is 11.4 Å². The number of hydrogen-bond donors (Lipinski definition) is 2. The Labute approximate surface area is 192 Å². The van der Waals surface area contributed by atoms with Gasteiger partial charge in [0.2, 0.25) is 0 Å². The molecule has 0 aromatic heterocycles. The number of ether oxygens (including phenoxy) is 1. The Bertz CT molecular complexity index is 1100. The van der Waals surface area contributed by atoms with Crippen LogP contribution < -0.4 is 10.5 Å². The number of carboxylic acid groups (broad SMARTS) is 1. The number of benzene rings is 3. The summed E-state index contributed by atoms with van der Waals surface area (Å²) in [6.45, 7) is 4.27. The molecule has 0 saturated carbocycles. The second-order valence-corrected chi connectivity index (χ2v) is 8.17. The summed E-state index contributed by atoms with van der Waals surface area (Å²) in [6, 6.07) is 17.6. The number of halogens is 2. The Morgan fingerprint density at radius 3 is 2.03 bits per heavy atom. The first-order valence-electron chi connectivity index (χ1n) is 10.7. The molecule has 0 heterocycles. The van der Waals surface area contributed by atoms with E-state index < -0.39 is 23.6 Å². The van der Waals surface area contributed by atoms with E-state index in [1.807, 2.05) is 30.3 Å². The van der Waals surface area contributed by atoms with Crippen LogP contribution >= 0.6 is 0 Å². The second-order valence-electron chi connectivity index (χ2n) is 8.17. The maximum Gasteiger partial charge on any atom is 0.320 e. The van der Waals surface area contributed by atoms with Gasteiger partial charge in [-0.1, -0.05) is 56.3 Å². The van der Waals surface area contributed by atoms with Crippen molar-refractivity contribution in [2.24, 2.45) is 5.73 Å². The molecule has 0 fully saturated rings. The smallest absolute Gasteiger partial charge is 0.320 e. The van der Waals surface area contributed by atoms with Crippen molar-refractivity contribution in [1.82, 2.24) is 0 Å². The first-order chi connectivity index (χ1) is 15.7. The Hall–Kier alpha value is -3.51. The van der Waals surface area contributed by atoms with Crippen molar-refractivity contribution in [3.63, 3.8) is 0 Å². The van der Waals surface area contributed by atoms with E-state index in [1.165, 1.54) is 17.7 Å². The van der Waals surface area contributed by atoms with E-state index in [1.54, 1.807) is 12.1 Å². The molecule has 3 aromatic carbocycles. The third kappa shape index (κ3) is 6.73. The van der Waals surface area contributed by atoms with Crippen molar-refractivity contribution in [3.05, 3.63) is 107 Å². The molecule has 3 N–H and O–H groups in total. The Kier molecular flexibility index (Phi) is 7.96. The first kappa shape index (κ1) is 24.1. The number of rotatable bonds is 9. The average Bonchev–Trinajstić information content (AvgIpc) is 2.78. The maximum absolute atomic E-state index is 13.4. The lowest BCUT2D eigenvalue weighted by molar-refractivity contribution is -0.138. The zero-order valence-electron chi connectivity index (χ0n) is 18.6. The van der Waals surface area contributed by atoms with Crippen molar-refractivity contribution in [2.45, 2.75) is 38.8 Å². The van der Waals surface area contributed by atoms with Gasteiger partial charge < -0.3 is 15.6 Å². The summed E-state index contributed by atoms with van der Waals surface area (Å²) in [6.07, 6.45) is 2.01. The zero-order valence-corrected chi connectivity index (χ0v) is 18.6.